The number of hydrogen-bond acceptors (Lipinski definition) is 2. The van der Waals surface area contributed by atoms with E-state index in [1.54, 1.807) is 13.8 Å². The lowest BCUT2D eigenvalue weighted by atomic mass is 9.73. The van der Waals surface area contributed by atoms with Crippen LogP contribution in [0.2, 0.25) is 0 Å². The van der Waals surface area contributed by atoms with Crippen LogP contribution >= 0.6 is 0 Å². The Balaban J connectivity index is 2.51. The van der Waals surface area contributed by atoms with Crippen molar-refractivity contribution in [3.8, 4) is 0 Å². The van der Waals surface area contributed by atoms with E-state index in [4.69, 9.17) is 5.11 Å². The fourth-order valence-electron chi connectivity index (χ4n) is 2.33. The second-order valence-electron chi connectivity index (χ2n) is 6.36. The Morgan fingerprint density at radius 3 is 2.56 bits per heavy atom. The third kappa shape index (κ3) is 3.21. The maximum atomic E-state index is 11.0. The van der Waals surface area contributed by atoms with E-state index in [1.165, 1.54) is 25.7 Å². The van der Waals surface area contributed by atoms with Crippen LogP contribution in [0.1, 0.15) is 53.4 Å². The maximum Gasteiger partial charge on any atom is 0.310 e. The average Bonchev–Trinajstić information content (AvgIpc) is 2.15. The fourth-order valence-corrected chi connectivity index (χ4v) is 2.33. The van der Waals surface area contributed by atoms with Crippen LogP contribution in [0.4, 0.5) is 0 Å². The number of rotatable bonds is 4. The lowest BCUT2D eigenvalue weighted by Crippen LogP contribution is -2.48. The van der Waals surface area contributed by atoms with Crippen LogP contribution in [0.5, 0.6) is 0 Å². The summed E-state index contributed by atoms with van der Waals surface area (Å²) in [4.78, 5) is 11.0. The normalized spacial score (nSPS) is 25.4. The summed E-state index contributed by atoms with van der Waals surface area (Å²) in [7, 11) is 0. The summed E-state index contributed by atoms with van der Waals surface area (Å²) in [6.07, 6.45) is 4.96. The molecule has 1 saturated carbocycles. The predicted molar refractivity (Wildman–Crippen MR) is 65.5 cm³/mol. The average molecular weight is 227 g/mol. The van der Waals surface area contributed by atoms with E-state index in [-0.39, 0.29) is 0 Å². The lowest BCUT2D eigenvalue weighted by Gasteiger charge is -2.40. The summed E-state index contributed by atoms with van der Waals surface area (Å²) in [5, 5.41) is 12.5. The van der Waals surface area contributed by atoms with Gasteiger partial charge < -0.3 is 10.4 Å². The van der Waals surface area contributed by atoms with Gasteiger partial charge in [-0.05, 0) is 32.1 Å². The van der Waals surface area contributed by atoms with Crippen LogP contribution in [0.3, 0.4) is 0 Å². The van der Waals surface area contributed by atoms with E-state index < -0.39 is 11.4 Å². The van der Waals surface area contributed by atoms with Gasteiger partial charge in [-0.15, -0.1) is 0 Å². The molecule has 0 heterocycles. The Morgan fingerprint density at radius 1 is 1.44 bits per heavy atom. The molecule has 1 aliphatic rings. The predicted octanol–water partition coefficient (Wildman–Crippen LogP) is 2.66. The third-order valence-electron chi connectivity index (χ3n) is 3.88. The van der Waals surface area contributed by atoms with Gasteiger partial charge in [0.25, 0.3) is 0 Å². The van der Waals surface area contributed by atoms with Crippen molar-refractivity contribution >= 4 is 5.97 Å². The fraction of sp³-hybridized carbons (Fsp3) is 0.923. The molecular weight excluding hydrogens is 202 g/mol. The minimum atomic E-state index is -0.728. The highest BCUT2D eigenvalue weighted by molar-refractivity contribution is 5.73. The van der Waals surface area contributed by atoms with Crippen LogP contribution in [0.15, 0.2) is 0 Å². The molecule has 16 heavy (non-hydrogen) atoms. The molecule has 3 nitrogen and oxygen atoms in total. The molecule has 0 saturated heterocycles. The monoisotopic (exact) mass is 227 g/mol. The van der Waals surface area contributed by atoms with Crippen molar-refractivity contribution in [3.63, 3.8) is 0 Å². The number of carbonyl (C=O) groups is 1. The van der Waals surface area contributed by atoms with E-state index >= 15 is 0 Å². The molecule has 0 radical (unpaired) electrons. The summed E-state index contributed by atoms with van der Waals surface area (Å²) in [6.45, 7) is 8.65. The lowest BCUT2D eigenvalue weighted by molar-refractivity contribution is -0.146. The Labute approximate surface area is 98.6 Å². The Kier molecular flexibility index (Phi) is 4.00. The third-order valence-corrected chi connectivity index (χ3v) is 3.88. The molecule has 0 bridgehead atoms. The summed E-state index contributed by atoms with van der Waals surface area (Å²) in [5.74, 6) is -0.728. The molecule has 3 heteroatoms. The van der Waals surface area contributed by atoms with Crippen LogP contribution in [-0.2, 0) is 4.79 Å². The van der Waals surface area contributed by atoms with Gasteiger partial charge in [0.15, 0.2) is 0 Å². The van der Waals surface area contributed by atoms with E-state index in [0.29, 0.717) is 18.0 Å². The zero-order valence-electron chi connectivity index (χ0n) is 11.0. The molecular formula is C13H25NO2. The van der Waals surface area contributed by atoms with Crippen molar-refractivity contribution in [2.24, 2.45) is 10.8 Å². The van der Waals surface area contributed by atoms with Gasteiger partial charge in [0, 0.05) is 12.6 Å². The number of hydrogen-bond donors (Lipinski definition) is 2. The molecule has 0 aromatic rings. The zero-order chi connectivity index (χ0) is 12.4. The van der Waals surface area contributed by atoms with Crippen LogP contribution in [0.25, 0.3) is 0 Å². The first-order valence-corrected chi connectivity index (χ1v) is 6.22. The minimum absolute atomic E-state index is 0.298. The molecule has 0 aliphatic heterocycles. The maximum absolute atomic E-state index is 11.0. The molecule has 0 aromatic heterocycles. The van der Waals surface area contributed by atoms with Crippen LogP contribution in [-0.4, -0.2) is 23.7 Å². The van der Waals surface area contributed by atoms with E-state index in [2.05, 4.69) is 19.2 Å². The second kappa shape index (κ2) is 4.74. The summed E-state index contributed by atoms with van der Waals surface area (Å²) >= 11 is 0. The van der Waals surface area contributed by atoms with Crippen molar-refractivity contribution in [1.29, 1.82) is 0 Å². The topological polar surface area (TPSA) is 49.3 Å². The van der Waals surface area contributed by atoms with Crippen molar-refractivity contribution in [2.45, 2.75) is 59.4 Å². The van der Waals surface area contributed by atoms with E-state index in [9.17, 15) is 4.79 Å². The summed E-state index contributed by atoms with van der Waals surface area (Å²) in [5.41, 5.74) is -0.375. The number of nitrogens with one attached hydrogen (secondary N) is 1. The molecule has 0 spiro atoms. The van der Waals surface area contributed by atoms with Gasteiger partial charge >= 0.3 is 5.97 Å². The first kappa shape index (κ1) is 13.5. The Bertz CT molecular complexity index is 259. The van der Waals surface area contributed by atoms with Crippen molar-refractivity contribution in [1.82, 2.24) is 5.32 Å². The standard InChI is InChI=1S/C13H25NO2/c1-12(2)8-6-5-7-10(12)14-9-13(3,4)11(15)16/h10,14H,5-9H2,1-4H3,(H,15,16). The first-order valence-electron chi connectivity index (χ1n) is 6.22. The Morgan fingerprint density at radius 2 is 2.06 bits per heavy atom. The van der Waals surface area contributed by atoms with Gasteiger partial charge in [0.1, 0.15) is 0 Å². The molecule has 1 atom stereocenters. The van der Waals surface area contributed by atoms with Gasteiger partial charge in [0.2, 0.25) is 0 Å². The van der Waals surface area contributed by atoms with Gasteiger partial charge in [-0.3, -0.25) is 4.79 Å². The molecule has 1 aliphatic carbocycles. The zero-order valence-corrected chi connectivity index (χ0v) is 11.0. The van der Waals surface area contributed by atoms with E-state index in [1.807, 2.05) is 0 Å². The number of aliphatic carboxylic acids is 1. The largest absolute Gasteiger partial charge is 0.481 e. The Hall–Kier alpha value is -0.570. The second-order valence-corrected chi connectivity index (χ2v) is 6.36. The van der Waals surface area contributed by atoms with Gasteiger partial charge in [-0.1, -0.05) is 26.7 Å². The van der Waals surface area contributed by atoms with Crippen molar-refractivity contribution in [2.75, 3.05) is 6.54 Å². The quantitative estimate of drug-likeness (QED) is 0.776. The van der Waals surface area contributed by atoms with Crippen molar-refractivity contribution in [3.05, 3.63) is 0 Å². The SMILES string of the molecule is CC(C)(CNC1CCCCC1(C)C)C(=O)O. The molecule has 0 aromatic carbocycles. The van der Waals surface area contributed by atoms with Crippen LogP contribution < -0.4 is 5.32 Å². The summed E-state index contributed by atoms with van der Waals surface area (Å²) in [6, 6.07) is 0.458. The van der Waals surface area contributed by atoms with E-state index in [0.717, 1.165) is 0 Å². The molecule has 0 amide bonds. The molecule has 94 valence electrons. The smallest absolute Gasteiger partial charge is 0.310 e. The summed E-state index contributed by atoms with van der Waals surface area (Å²) < 4.78 is 0. The van der Waals surface area contributed by atoms with Gasteiger partial charge in [-0.2, -0.15) is 0 Å². The number of carboxylic acid groups (broad SMARTS) is 1. The first-order chi connectivity index (χ1) is 7.26. The highest BCUT2D eigenvalue weighted by atomic mass is 16.4. The van der Waals surface area contributed by atoms with Gasteiger partial charge in [-0.25, -0.2) is 0 Å². The highest BCUT2D eigenvalue weighted by Crippen LogP contribution is 2.35. The minimum Gasteiger partial charge on any atom is -0.481 e. The highest BCUT2D eigenvalue weighted by Gasteiger charge is 2.34. The van der Waals surface area contributed by atoms with Crippen molar-refractivity contribution < 1.29 is 9.90 Å². The molecule has 1 unspecified atom stereocenters. The number of carboxylic acids is 1. The molecule has 2 N–H and O–H groups in total. The van der Waals surface area contributed by atoms with Crippen LogP contribution in [0, 0.1) is 10.8 Å². The molecule has 1 fully saturated rings. The molecule has 1 rings (SSSR count). The van der Waals surface area contributed by atoms with Gasteiger partial charge in [0.05, 0.1) is 5.41 Å².